The van der Waals surface area contributed by atoms with Gasteiger partial charge in [-0.2, -0.15) is 0 Å². The van der Waals surface area contributed by atoms with Gasteiger partial charge in [-0.3, -0.25) is 0 Å². The van der Waals surface area contributed by atoms with Gasteiger partial charge in [0.2, 0.25) is 0 Å². The summed E-state index contributed by atoms with van der Waals surface area (Å²) in [5, 5.41) is 4.17. The zero-order chi connectivity index (χ0) is 28.3. The van der Waals surface area contributed by atoms with Crippen LogP contribution in [-0.2, 0) is 6.42 Å². The van der Waals surface area contributed by atoms with Gasteiger partial charge in [-0.15, -0.1) is 0 Å². The van der Waals surface area contributed by atoms with Crippen molar-refractivity contribution >= 4 is 32.6 Å². The highest BCUT2D eigenvalue weighted by Gasteiger charge is 2.20. The summed E-state index contributed by atoms with van der Waals surface area (Å²) in [6, 6.07) is 42.4. The van der Waals surface area contributed by atoms with Gasteiger partial charge in [0.1, 0.15) is 11.0 Å². The number of nitrogens with zero attached hydrogens (tertiary/aromatic N) is 4. The van der Waals surface area contributed by atoms with E-state index in [4.69, 9.17) is 19.9 Å². The second kappa shape index (κ2) is 9.40. The summed E-state index contributed by atoms with van der Waals surface area (Å²) >= 11 is 0. The Kier molecular flexibility index (Phi) is 5.23. The predicted molar refractivity (Wildman–Crippen MR) is 175 cm³/mol. The maximum atomic E-state index is 5.20. The number of aromatic nitrogens is 4. The summed E-state index contributed by atoms with van der Waals surface area (Å²) < 4.78 is 0. The lowest BCUT2D eigenvalue weighted by Gasteiger charge is -2.12. The highest BCUT2D eigenvalue weighted by Crippen LogP contribution is 2.39. The second-order valence-electron chi connectivity index (χ2n) is 11.1. The van der Waals surface area contributed by atoms with Crippen LogP contribution in [0.3, 0.4) is 0 Å². The lowest BCUT2D eigenvalue weighted by molar-refractivity contribution is 1.21. The molecule has 200 valence electrons. The fourth-order valence-electron chi connectivity index (χ4n) is 6.48. The number of hydrogen-bond donors (Lipinski definition) is 0. The molecule has 9 rings (SSSR count). The third-order valence-electron chi connectivity index (χ3n) is 8.59. The molecule has 0 N–H and O–H groups in total. The highest BCUT2D eigenvalue weighted by molar-refractivity contribution is 6.23. The van der Waals surface area contributed by atoms with Crippen molar-refractivity contribution in [3.63, 3.8) is 0 Å². The van der Waals surface area contributed by atoms with Gasteiger partial charge in [-0.05, 0) is 62.7 Å². The van der Waals surface area contributed by atoms with E-state index in [0.29, 0.717) is 11.6 Å². The topological polar surface area (TPSA) is 51.6 Å². The Hall–Kier alpha value is -5.74. The largest absolute Gasteiger partial charge is 0.236 e. The Morgan fingerprint density at radius 3 is 1.72 bits per heavy atom. The van der Waals surface area contributed by atoms with E-state index in [1.54, 1.807) is 0 Å². The molecule has 1 aliphatic carbocycles. The van der Waals surface area contributed by atoms with Gasteiger partial charge < -0.3 is 0 Å². The van der Waals surface area contributed by atoms with Gasteiger partial charge in [0.15, 0.2) is 11.6 Å². The lowest BCUT2D eigenvalue weighted by atomic mass is 10.00. The quantitative estimate of drug-likeness (QED) is 0.206. The van der Waals surface area contributed by atoms with Crippen LogP contribution >= 0.6 is 0 Å². The molecule has 4 nitrogen and oxygen atoms in total. The fraction of sp³-hybridized carbons (Fsp3) is 0.0256. The van der Waals surface area contributed by atoms with Crippen LogP contribution in [0.1, 0.15) is 11.1 Å². The van der Waals surface area contributed by atoms with Crippen LogP contribution in [0.25, 0.3) is 77.6 Å². The molecule has 2 heterocycles. The van der Waals surface area contributed by atoms with Crippen molar-refractivity contribution in [1.29, 1.82) is 0 Å². The molecule has 0 saturated heterocycles. The van der Waals surface area contributed by atoms with Crippen LogP contribution in [0.2, 0.25) is 0 Å². The molecule has 6 aromatic carbocycles. The van der Waals surface area contributed by atoms with Crippen molar-refractivity contribution in [2.45, 2.75) is 6.42 Å². The van der Waals surface area contributed by atoms with Gasteiger partial charge in [0, 0.05) is 34.3 Å². The molecule has 2 aromatic heterocycles. The standard InChI is InChI=1S/C39H24N4/c1-2-9-24(10-3-1)25-12-8-13-28(19-25)38-40-22-34-31-15-6-7-16-32(31)35-23-41-39(43-37(35)36(34)42-38)29-18-17-27-20-26-11-4-5-14-30(26)33(27)21-29/h1-19,21-23H,20H2. The van der Waals surface area contributed by atoms with E-state index in [-0.39, 0.29) is 0 Å². The van der Waals surface area contributed by atoms with Crippen LogP contribution in [0.15, 0.2) is 134 Å². The first-order valence-corrected chi connectivity index (χ1v) is 14.5. The Labute approximate surface area is 248 Å². The molecule has 0 saturated carbocycles. The molecule has 4 heteroatoms. The summed E-state index contributed by atoms with van der Waals surface area (Å²) in [5.74, 6) is 1.37. The van der Waals surface area contributed by atoms with Gasteiger partial charge in [0.05, 0.1) is 0 Å². The first-order valence-electron chi connectivity index (χ1n) is 14.5. The Balaban J connectivity index is 1.25. The van der Waals surface area contributed by atoms with Crippen LogP contribution in [0.4, 0.5) is 0 Å². The third-order valence-corrected chi connectivity index (χ3v) is 8.59. The van der Waals surface area contributed by atoms with E-state index < -0.39 is 0 Å². The SMILES string of the molecule is c1ccc(-c2cccc(-c3ncc4c5ccccc5c5cnc(-c6ccc7c(c6)-c6ccccc6C7)nc5c4n3)c2)cc1. The molecule has 0 fully saturated rings. The lowest BCUT2D eigenvalue weighted by Crippen LogP contribution is -1.97. The Morgan fingerprint density at radius 1 is 0.395 bits per heavy atom. The van der Waals surface area contributed by atoms with E-state index in [1.807, 2.05) is 18.5 Å². The fourth-order valence-corrected chi connectivity index (χ4v) is 6.48. The number of fused-ring (bicyclic) bond motifs is 9. The average Bonchev–Trinajstić information content (AvgIpc) is 3.46. The Morgan fingerprint density at radius 2 is 0.977 bits per heavy atom. The van der Waals surface area contributed by atoms with Crippen molar-refractivity contribution in [1.82, 2.24) is 19.9 Å². The van der Waals surface area contributed by atoms with Gasteiger partial charge in [0.25, 0.3) is 0 Å². The summed E-state index contributed by atoms with van der Waals surface area (Å²) in [5.41, 5.74) is 11.2. The number of rotatable bonds is 3. The molecule has 0 unspecified atom stereocenters. The van der Waals surface area contributed by atoms with Gasteiger partial charge >= 0.3 is 0 Å². The van der Waals surface area contributed by atoms with Gasteiger partial charge in [-0.1, -0.05) is 109 Å². The molecular weight excluding hydrogens is 524 g/mol. The van der Waals surface area contributed by atoms with Crippen LogP contribution < -0.4 is 0 Å². The second-order valence-corrected chi connectivity index (χ2v) is 11.1. The predicted octanol–water partition coefficient (Wildman–Crippen LogP) is 9.30. The highest BCUT2D eigenvalue weighted by atomic mass is 14.9. The van der Waals surface area contributed by atoms with E-state index in [9.17, 15) is 0 Å². The van der Waals surface area contributed by atoms with Crippen molar-refractivity contribution in [2.75, 3.05) is 0 Å². The first kappa shape index (κ1) is 23.9. The van der Waals surface area contributed by atoms with E-state index >= 15 is 0 Å². The maximum Gasteiger partial charge on any atom is 0.159 e. The average molecular weight is 549 g/mol. The summed E-state index contributed by atoms with van der Waals surface area (Å²) in [4.78, 5) is 20.1. The molecule has 8 aromatic rings. The van der Waals surface area contributed by atoms with Crippen molar-refractivity contribution in [2.24, 2.45) is 0 Å². The van der Waals surface area contributed by atoms with Gasteiger partial charge in [-0.25, -0.2) is 19.9 Å². The zero-order valence-electron chi connectivity index (χ0n) is 23.2. The van der Waals surface area contributed by atoms with E-state index in [1.165, 1.54) is 22.3 Å². The first-order chi connectivity index (χ1) is 21.3. The minimum atomic E-state index is 0.677. The third kappa shape index (κ3) is 3.84. The molecule has 0 aliphatic heterocycles. The minimum absolute atomic E-state index is 0.677. The molecule has 1 aliphatic rings. The summed E-state index contributed by atoms with van der Waals surface area (Å²) in [6.07, 6.45) is 4.87. The van der Waals surface area contributed by atoms with Crippen molar-refractivity contribution < 1.29 is 0 Å². The summed E-state index contributed by atoms with van der Waals surface area (Å²) in [7, 11) is 0. The molecule has 0 spiro atoms. The normalized spacial score (nSPS) is 12.1. The molecule has 0 atom stereocenters. The molecule has 0 radical (unpaired) electrons. The maximum absolute atomic E-state index is 5.20. The van der Waals surface area contributed by atoms with E-state index in [0.717, 1.165) is 61.3 Å². The van der Waals surface area contributed by atoms with Crippen LogP contribution in [0.5, 0.6) is 0 Å². The summed E-state index contributed by atoms with van der Waals surface area (Å²) in [6.45, 7) is 0. The monoisotopic (exact) mass is 548 g/mol. The molecule has 43 heavy (non-hydrogen) atoms. The Bertz CT molecular complexity index is 2380. The number of hydrogen-bond acceptors (Lipinski definition) is 4. The smallest absolute Gasteiger partial charge is 0.159 e. The molecular formula is C39H24N4. The van der Waals surface area contributed by atoms with Crippen LogP contribution in [0, 0.1) is 0 Å². The molecule has 0 bridgehead atoms. The zero-order valence-corrected chi connectivity index (χ0v) is 23.2. The number of benzene rings is 6. The van der Waals surface area contributed by atoms with Crippen molar-refractivity contribution in [3.8, 4) is 45.0 Å². The molecule has 0 amide bonds. The van der Waals surface area contributed by atoms with Crippen LogP contribution in [-0.4, -0.2) is 19.9 Å². The minimum Gasteiger partial charge on any atom is -0.236 e. The van der Waals surface area contributed by atoms with E-state index in [2.05, 4.69) is 115 Å². The van der Waals surface area contributed by atoms with Crippen molar-refractivity contribution in [3.05, 3.63) is 145 Å².